The topological polar surface area (TPSA) is 84.2 Å². The zero-order valence-corrected chi connectivity index (χ0v) is 11.7. The fourth-order valence-corrected chi connectivity index (χ4v) is 1.92. The zero-order chi connectivity index (χ0) is 15.2. The van der Waals surface area contributed by atoms with Crippen molar-refractivity contribution in [1.29, 1.82) is 0 Å². The molecule has 0 fully saturated rings. The first-order valence-electron chi connectivity index (χ1n) is 6.66. The molecule has 1 heterocycles. The Bertz CT molecular complexity index is 622. The fourth-order valence-electron chi connectivity index (χ4n) is 1.92. The maximum atomic E-state index is 12.1. The number of carboxylic acid groups (broad SMARTS) is 1. The van der Waals surface area contributed by atoms with Crippen molar-refractivity contribution in [2.45, 2.75) is 25.9 Å². The molecule has 110 valence electrons. The number of hydrogen-bond donors (Lipinski definition) is 2. The molecule has 0 saturated heterocycles. The van der Waals surface area contributed by atoms with Gasteiger partial charge in [-0.25, -0.2) is 0 Å². The van der Waals surface area contributed by atoms with Gasteiger partial charge in [0, 0.05) is 6.20 Å². The molecule has 0 aliphatic carbocycles. The molecule has 2 rings (SSSR count). The summed E-state index contributed by atoms with van der Waals surface area (Å²) in [5.41, 5.74) is 1.44. The number of nitrogens with zero attached hydrogens (tertiary/aromatic N) is 2. The van der Waals surface area contributed by atoms with Gasteiger partial charge in [-0.3, -0.25) is 14.3 Å². The minimum Gasteiger partial charge on any atom is -0.481 e. The SMILES string of the molecule is CC(NC(=O)c1cnn(CCC(=O)O)c1)c1ccccc1. The van der Waals surface area contributed by atoms with Gasteiger partial charge in [-0.2, -0.15) is 5.10 Å². The average molecular weight is 287 g/mol. The Balaban J connectivity index is 1.96. The van der Waals surface area contributed by atoms with E-state index in [0.717, 1.165) is 5.56 Å². The minimum atomic E-state index is -0.894. The Morgan fingerprint density at radius 3 is 2.71 bits per heavy atom. The summed E-state index contributed by atoms with van der Waals surface area (Å²) in [6.07, 6.45) is 2.97. The summed E-state index contributed by atoms with van der Waals surface area (Å²) in [6.45, 7) is 2.15. The van der Waals surface area contributed by atoms with E-state index in [1.54, 1.807) is 6.20 Å². The number of amides is 1. The predicted molar refractivity (Wildman–Crippen MR) is 76.8 cm³/mol. The molecule has 1 atom stereocenters. The van der Waals surface area contributed by atoms with Crippen molar-refractivity contribution in [3.05, 3.63) is 53.9 Å². The van der Waals surface area contributed by atoms with Gasteiger partial charge < -0.3 is 10.4 Å². The molecule has 0 radical (unpaired) electrons. The van der Waals surface area contributed by atoms with Crippen LogP contribution in [0.15, 0.2) is 42.7 Å². The Hall–Kier alpha value is -2.63. The summed E-state index contributed by atoms with van der Waals surface area (Å²) in [5.74, 6) is -1.12. The molecule has 6 heteroatoms. The largest absolute Gasteiger partial charge is 0.481 e. The third kappa shape index (κ3) is 4.17. The molecule has 21 heavy (non-hydrogen) atoms. The predicted octanol–water partition coefficient (Wildman–Crippen LogP) is 1.85. The van der Waals surface area contributed by atoms with Crippen LogP contribution in [-0.2, 0) is 11.3 Å². The van der Waals surface area contributed by atoms with Crippen LogP contribution in [0.1, 0.15) is 35.3 Å². The number of aryl methyl sites for hydroxylation is 1. The van der Waals surface area contributed by atoms with E-state index in [-0.39, 0.29) is 24.9 Å². The van der Waals surface area contributed by atoms with E-state index in [2.05, 4.69) is 10.4 Å². The fraction of sp³-hybridized carbons (Fsp3) is 0.267. The molecule has 1 amide bonds. The van der Waals surface area contributed by atoms with Crippen molar-refractivity contribution in [1.82, 2.24) is 15.1 Å². The van der Waals surface area contributed by atoms with Gasteiger partial charge in [-0.15, -0.1) is 0 Å². The van der Waals surface area contributed by atoms with E-state index in [1.807, 2.05) is 37.3 Å². The Morgan fingerprint density at radius 1 is 1.33 bits per heavy atom. The standard InChI is InChI=1S/C15H17N3O3/c1-11(12-5-3-2-4-6-12)17-15(21)13-9-16-18(10-13)8-7-14(19)20/h2-6,9-11H,7-8H2,1H3,(H,17,21)(H,19,20). The number of rotatable bonds is 6. The summed E-state index contributed by atoms with van der Waals surface area (Å²) in [4.78, 5) is 22.6. The lowest BCUT2D eigenvalue weighted by Gasteiger charge is -2.13. The smallest absolute Gasteiger partial charge is 0.305 e. The lowest BCUT2D eigenvalue weighted by Crippen LogP contribution is -2.26. The normalized spacial score (nSPS) is 11.9. The van der Waals surface area contributed by atoms with Gasteiger partial charge in [0.1, 0.15) is 0 Å². The molecule has 2 N–H and O–H groups in total. The number of aromatic nitrogens is 2. The van der Waals surface area contributed by atoms with Crippen LogP contribution >= 0.6 is 0 Å². The number of aliphatic carboxylic acids is 1. The van der Waals surface area contributed by atoms with Crippen molar-refractivity contribution >= 4 is 11.9 Å². The highest BCUT2D eigenvalue weighted by Gasteiger charge is 2.13. The van der Waals surface area contributed by atoms with Crippen molar-refractivity contribution in [2.75, 3.05) is 0 Å². The number of carboxylic acids is 1. The summed E-state index contributed by atoms with van der Waals surface area (Å²) < 4.78 is 1.45. The molecule has 1 unspecified atom stereocenters. The van der Waals surface area contributed by atoms with Crippen molar-refractivity contribution in [2.24, 2.45) is 0 Å². The van der Waals surface area contributed by atoms with Crippen LogP contribution in [0.3, 0.4) is 0 Å². The highest BCUT2D eigenvalue weighted by Crippen LogP contribution is 2.12. The second kappa shape index (κ2) is 6.69. The number of carbonyl (C=O) groups is 2. The monoisotopic (exact) mass is 287 g/mol. The van der Waals surface area contributed by atoms with Gasteiger partial charge in [0.05, 0.1) is 30.8 Å². The van der Waals surface area contributed by atoms with Gasteiger partial charge in [0.15, 0.2) is 0 Å². The zero-order valence-electron chi connectivity index (χ0n) is 11.7. The number of nitrogens with one attached hydrogen (secondary N) is 1. The maximum Gasteiger partial charge on any atom is 0.305 e. The third-order valence-electron chi connectivity index (χ3n) is 3.10. The van der Waals surface area contributed by atoms with Crippen LogP contribution in [-0.4, -0.2) is 26.8 Å². The van der Waals surface area contributed by atoms with E-state index in [0.29, 0.717) is 5.56 Å². The van der Waals surface area contributed by atoms with E-state index in [9.17, 15) is 9.59 Å². The Morgan fingerprint density at radius 2 is 2.05 bits per heavy atom. The van der Waals surface area contributed by atoms with Gasteiger partial charge in [-0.1, -0.05) is 30.3 Å². The molecule has 6 nitrogen and oxygen atoms in total. The highest BCUT2D eigenvalue weighted by molar-refractivity contribution is 5.93. The molecule has 0 aliphatic rings. The van der Waals surface area contributed by atoms with Crippen molar-refractivity contribution in [3.63, 3.8) is 0 Å². The van der Waals surface area contributed by atoms with Crippen LogP contribution in [0, 0.1) is 0 Å². The lowest BCUT2D eigenvalue weighted by atomic mass is 10.1. The molecule has 0 bridgehead atoms. The molecule has 1 aromatic heterocycles. The molecule has 0 aliphatic heterocycles. The molecule has 0 saturated carbocycles. The number of benzene rings is 1. The second-order valence-corrected chi connectivity index (χ2v) is 4.74. The molecular formula is C15H17N3O3. The van der Waals surface area contributed by atoms with E-state index >= 15 is 0 Å². The van der Waals surface area contributed by atoms with Crippen LogP contribution in [0.5, 0.6) is 0 Å². The second-order valence-electron chi connectivity index (χ2n) is 4.74. The molecule has 2 aromatic rings. The Kier molecular flexibility index (Phi) is 4.71. The first-order valence-corrected chi connectivity index (χ1v) is 6.66. The van der Waals surface area contributed by atoms with Gasteiger partial charge in [0.25, 0.3) is 5.91 Å². The van der Waals surface area contributed by atoms with E-state index in [1.165, 1.54) is 10.9 Å². The lowest BCUT2D eigenvalue weighted by molar-refractivity contribution is -0.137. The summed E-state index contributed by atoms with van der Waals surface area (Å²) in [5, 5.41) is 15.5. The summed E-state index contributed by atoms with van der Waals surface area (Å²) in [7, 11) is 0. The quantitative estimate of drug-likeness (QED) is 0.849. The van der Waals surface area contributed by atoms with Crippen molar-refractivity contribution < 1.29 is 14.7 Å². The minimum absolute atomic E-state index is 0.0246. The molecular weight excluding hydrogens is 270 g/mol. The first kappa shape index (κ1) is 14.8. The third-order valence-corrected chi connectivity index (χ3v) is 3.10. The van der Waals surface area contributed by atoms with E-state index in [4.69, 9.17) is 5.11 Å². The van der Waals surface area contributed by atoms with Crippen LogP contribution in [0.2, 0.25) is 0 Å². The maximum absolute atomic E-state index is 12.1. The first-order chi connectivity index (χ1) is 10.1. The Labute approximate surface area is 122 Å². The van der Waals surface area contributed by atoms with Gasteiger partial charge in [-0.05, 0) is 12.5 Å². The number of hydrogen-bond acceptors (Lipinski definition) is 3. The van der Waals surface area contributed by atoms with Crippen molar-refractivity contribution in [3.8, 4) is 0 Å². The van der Waals surface area contributed by atoms with Crippen LogP contribution < -0.4 is 5.32 Å². The highest BCUT2D eigenvalue weighted by atomic mass is 16.4. The van der Waals surface area contributed by atoms with Crippen LogP contribution in [0.4, 0.5) is 0 Å². The molecule has 0 spiro atoms. The van der Waals surface area contributed by atoms with Gasteiger partial charge in [0.2, 0.25) is 0 Å². The van der Waals surface area contributed by atoms with Gasteiger partial charge >= 0.3 is 5.97 Å². The number of carbonyl (C=O) groups excluding carboxylic acids is 1. The average Bonchev–Trinajstić information content (AvgIpc) is 2.95. The molecule has 1 aromatic carbocycles. The van der Waals surface area contributed by atoms with Crippen LogP contribution in [0.25, 0.3) is 0 Å². The summed E-state index contributed by atoms with van der Waals surface area (Å²) >= 11 is 0. The van der Waals surface area contributed by atoms with E-state index < -0.39 is 5.97 Å². The summed E-state index contributed by atoms with van der Waals surface area (Å²) in [6, 6.07) is 9.54.